The summed E-state index contributed by atoms with van der Waals surface area (Å²) in [5.41, 5.74) is -1.34. The zero-order valence-corrected chi connectivity index (χ0v) is 9.13. The number of halogens is 7. The molecule has 0 spiro atoms. The highest BCUT2D eigenvalue weighted by molar-refractivity contribution is 5.46. The van der Waals surface area contributed by atoms with Gasteiger partial charge in [0.25, 0.3) is 6.10 Å². The van der Waals surface area contributed by atoms with E-state index in [1.807, 2.05) is 0 Å². The quantitative estimate of drug-likeness (QED) is 0.487. The topological polar surface area (TPSA) is 52.4 Å². The maximum Gasteiger partial charge on any atom is 0.434 e. The summed E-state index contributed by atoms with van der Waals surface area (Å²) in [6.07, 6.45) is -15.9. The average Bonchev–Trinajstić information content (AvgIpc) is 2.23. The summed E-state index contributed by atoms with van der Waals surface area (Å²) >= 11 is 0. The molecule has 0 saturated heterocycles. The fraction of sp³-hybridized carbons (Fsp3) is 0.333. The number of hydrogen-bond donors (Lipinski definition) is 0. The number of nitrogens with zero attached hydrogens (tertiary/aromatic N) is 1. The first-order chi connectivity index (χ1) is 8.93. The first kappa shape index (κ1) is 16.0. The monoisotopic (exact) mass is 307 g/mol. The van der Waals surface area contributed by atoms with Crippen LogP contribution in [0.2, 0.25) is 0 Å². The third-order valence-electron chi connectivity index (χ3n) is 1.96. The lowest BCUT2D eigenvalue weighted by atomic mass is 10.2. The first-order valence-corrected chi connectivity index (χ1v) is 4.67. The molecular weight excluding hydrogens is 303 g/mol. The molecule has 0 N–H and O–H groups in total. The SMILES string of the molecule is O=[N+]([O-])c1cc(F)ccc1OC(C(F)(F)F)C(F)(F)F. The Morgan fingerprint density at radius 2 is 1.60 bits per heavy atom. The van der Waals surface area contributed by atoms with Gasteiger partial charge in [-0.3, -0.25) is 10.1 Å². The fourth-order valence-electron chi connectivity index (χ4n) is 1.18. The second kappa shape index (κ2) is 5.13. The van der Waals surface area contributed by atoms with E-state index in [-0.39, 0.29) is 6.07 Å². The van der Waals surface area contributed by atoms with Crippen molar-refractivity contribution in [3.63, 3.8) is 0 Å². The second-order valence-electron chi connectivity index (χ2n) is 3.45. The van der Waals surface area contributed by atoms with Gasteiger partial charge in [0.2, 0.25) is 0 Å². The summed E-state index contributed by atoms with van der Waals surface area (Å²) in [4.78, 5) is 9.09. The van der Waals surface area contributed by atoms with Gasteiger partial charge in [-0.25, -0.2) is 4.39 Å². The predicted octanol–water partition coefficient (Wildman–Crippen LogP) is 3.61. The van der Waals surface area contributed by atoms with Crippen LogP contribution in [0.3, 0.4) is 0 Å². The lowest BCUT2D eigenvalue weighted by Gasteiger charge is -2.23. The minimum Gasteiger partial charge on any atom is -0.464 e. The van der Waals surface area contributed by atoms with Crippen LogP contribution >= 0.6 is 0 Å². The molecule has 1 rings (SSSR count). The Morgan fingerprint density at radius 1 is 1.10 bits per heavy atom. The zero-order chi connectivity index (χ0) is 15.7. The van der Waals surface area contributed by atoms with E-state index in [1.54, 1.807) is 0 Å². The molecule has 0 aliphatic carbocycles. The zero-order valence-electron chi connectivity index (χ0n) is 9.13. The lowest BCUT2D eigenvalue weighted by molar-refractivity contribution is -0.387. The van der Waals surface area contributed by atoms with Gasteiger partial charge in [-0.2, -0.15) is 26.3 Å². The largest absolute Gasteiger partial charge is 0.464 e. The normalized spacial score (nSPS) is 12.6. The Balaban J connectivity index is 3.22. The summed E-state index contributed by atoms with van der Waals surface area (Å²) in [6.45, 7) is 0. The molecule has 0 bridgehead atoms. The smallest absolute Gasteiger partial charge is 0.434 e. The van der Waals surface area contributed by atoms with E-state index in [9.17, 15) is 40.8 Å². The molecule has 0 amide bonds. The van der Waals surface area contributed by atoms with Crippen LogP contribution in [0.25, 0.3) is 0 Å². The molecular formula is C9H4F7NO3. The van der Waals surface area contributed by atoms with Gasteiger partial charge in [0.05, 0.1) is 11.0 Å². The van der Waals surface area contributed by atoms with E-state index < -0.39 is 40.6 Å². The molecule has 0 saturated carbocycles. The Morgan fingerprint density at radius 3 is 2.00 bits per heavy atom. The summed E-state index contributed by atoms with van der Waals surface area (Å²) in [6, 6.07) is 0.906. The van der Waals surface area contributed by atoms with Crippen molar-refractivity contribution in [3.05, 3.63) is 34.1 Å². The molecule has 1 aromatic rings. The number of nitro groups is 1. The molecule has 0 aromatic heterocycles. The number of benzene rings is 1. The Hall–Kier alpha value is -2.07. The van der Waals surface area contributed by atoms with Crippen molar-refractivity contribution < 1.29 is 40.4 Å². The third kappa shape index (κ3) is 3.71. The van der Waals surface area contributed by atoms with Crippen molar-refractivity contribution in [1.29, 1.82) is 0 Å². The van der Waals surface area contributed by atoms with Crippen LogP contribution < -0.4 is 4.74 Å². The van der Waals surface area contributed by atoms with Crippen LogP contribution in [-0.2, 0) is 0 Å². The molecule has 20 heavy (non-hydrogen) atoms. The summed E-state index contributed by atoms with van der Waals surface area (Å²) < 4.78 is 89.7. The molecule has 0 radical (unpaired) electrons. The molecule has 4 nitrogen and oxygen atoms in total. The van der Waals surface area contributed by atoms with Gasteiger partial charge in [-0.05, 0) is 12.1 Å². The standard InChI is InChI=1S/C9H4F7NO3/c10-4-1-2-6(5(3-4)17(18)19)20-7(8(11,12)13)9(14,15)16/h1-3,7H. The van der Waals surface area contributed by atoms with Gasteiger partial charge < -0.3 is 4.74 Å². The lowest BCUT2D eigenvalue weighted by Crippen LogP contribution is -2.46. The van der Waals surface area contributed by atoms with Crippen LogP contribution in [0.15, 0.2) is 18.2 Å². The summed E-state index contributed by atoms with van der Waals surface area (Å²) in [5.74, 6) is -2.55. The highest BCUT2D eigenvalue weighted by Crippen LogP contribution is 2.39. The minimum atomic E-state index is -5.83. The van der Waals surface area contributed by atoms with Crippen molar-refractivity contribution in [3.8, 4) is 5.75 Å². The van der Waals surface area contributed by atoms with Crippen molar-refractivity contribution in [2.75, 3.05) is 0 Å². The van der Waals surface area contributed by atoms with E-state index in [2.05, 4.69) is 4.74 Å². The van der Waals surface area contributed by atoms with Crippen LogP contribution in [0, 0.1) is 15.9 Å². The molecule has 0 aliphatic rings. The number of hydrogen-bond acceptors (Lipinski definition) is 3. The van der Waals surface area contributed by atoms with Crippen molar-refractivity contribution in [2.45, 2.75) is 18.5 Å². The summed E-state index contributed by atoms with van der Waals surface area (Å²) in [5, 5.41) is 10.5. The van der Waals surface area contributed by atoms with E-state index >= 15 is 0 Å². The molecule has 0 unspecified atom stereocenters. The number of rotatable bonds is 3. The Bertz CT molecular complexity index is 497. The van der Waals surface area contributed by atoms with Crippen LogP contribution in [0.4, 0.5) is 36.4 Å². The maximum atomic E-state index is 12.7. The van der Waals surface area contributed by atoms with Crippen LogP contribution in [-0.4, -0.2) is 23.4 Å². The molecule has 1 aromatic carbocycles. The highest BCUT2D eigenvalue weighted by Gasteiger charge is 2.59. The van der Waals surface area contributed by atoms with Crippen LogP contribution in [0.1, 0.15) is 0 Å². The van der Waals surface area contributed by atoms with Gasteiger partial charge in [-0.15, -0.1) is 0 Å². The predicted molar refractivity (Wildman–Crippen MR) is 49.6 cm³/mol. The third-order valence-corrected chi connectivity index (χ3v) is 1.96. The average molecular weight is 307 g/mol. The number of alkyl halides is 6. The molecule has 0 fully saturated rings. The van der Waals surface area contributed by atoms with E-state index in [1.165, 1.54) is 0 Å². The maximum absolute atomic E-state index is 12.7. The van der Waals surface area contributed by atoms with Gasteiger partial charge in [0.15, 0.2) is 5.75 Å². The fourth-order valence-corrected chi connectivity index (χ4v) is 1.18. The minimum absolute atomic E-state index is 0.152. The number of nitro benzene ring substituents is 1. The van der Waals surface area contributed by atoms with Gasteiger partial charge in [0, 0.05) is 0 Å². The van der Waals surface area contributed by atoms with Gasteiger partial charge >= 0.3 is 18.0 Å². The number of ether oxygens (including phenoxy) is 1. The van der Waals surface area contributed by atoms with E-state index in [0.29, 0.717) is 12.1 Å². The van der Waals surface area contributed by atoms with Gasteiger partial charge in [-0.1, -0.05) is 0 Å². The van der Waals surface area contributed by atoms with Crippen LogP contribution in [0.5, 0.6) is 5.75 Å². The second-order valence-corrected chi connectivity index (χ2v) is 3.45. The molecule has 112 valence electrons. The Kier molecular flexibility index (Phi) is 4.10. The van der Waals surface area contributed by atoms with Gasteiger partial charge in [0.1, 0.15) is 5.82 Å². The van der Waals surface area contributed by atoms with Crippen molar-refractivity contribution in [1.82, 2.24) is 0 Å². The van der Waals surface area contributed by atoms with E-state index in [0.717, 1.165) is 0 Å². The van der Waals surface area contributed by atoms with Crippen molar-refractivity contribution in [2.24, 2.45) is 0 Å². The molecule has 0 heterocycles. The molecule has 0 atom stereocenters. The van der Waals surface area contributed by atoms with E-state index in [4.69, 9.17) is 0 Å². The molecule has 0 aliphatic heterocycles. The molecule has 11 heteroatoms. The first-order valence-electron chi connectivity index (χ1n) is 4.67. The highest BCUT2D eigenvalue weighted by atomic mass is 19.4. The Labute approximate surface area is 105 Å². The van der Waals surface area contributed by atoms with Crippen molar-refractivity contribution >= 4 is 5.69 Å². The summed E-state index contributed by atoms with van der Waals surface area (Å²) in [7, 11) is 0.